The number of hydrogen-bond acceptors (Lipinski definition) is 1. The number of ketones is 1. The molecule has 4 aliphatic rings. The zero-order chi connectivity index (χ0) is 17.3. The summed E-state index contributed by atoms with van der Waals surface area (Å²) in [5, 5.41) is 0.796. The van der Waals surface area contributed by atoms with Crippen LogP contribution in [0.2, 0.25) is 5.02 Å². The Morgan fingerprint density at radius 2 is 1.33 bits per heavy atom. The van der Waals surface area contributed by atoms with Gasteiger partial charge in [0.2, 0.25) is 6.17 Å². The predicted octanol–water partition coefficient (Wildman–Crippen LogP) is 1.00. The molecule has 2 N–H and O–H groups in total. The van der Waals surface area contributed by atoms with Gasteiger partial charge in [0, 0.05) is 5.02 Å². The molecule has 130 valence electrons. The van der Waals surface area contributed by atoms with E-state index in [9.17, 15) is 4.79 Å². The van der Waals surface area contributed by atoms with Gasteiger partial charge in [0.25, 0.3) is 0 Å². The predicted molar refractivity (Wildman–Crippen MR) is 95.1 cm³/mol. The van der Waals surface area contributed by atoms with Crippen molar-refractivity contribution in [3.63, 3.8) is 0 Å². The lowest BCUT2D eigenvalue weighted by atomic mass is 9.53. The fourth-order valence-corrected chi connectivity index (χ4v) is 5.98. The van der Waals surface area contributed by atoms with E-state index in [1.165, 1.54) is 5.56 Å². The van der Waals surface area contributed by atoms with E-state index in [4.69, 9.17) is 11.6 Å². The lowest BCUT2D eigenvalue weighted by Crippen LogP contribution is -3.41. The van der Waals surface area contributed by atoms with Gasteiger partial charge in [0.15, 0.2) is 5.78 Å². The van der Waals surface area contributed by atoms with Crippen LogP contribution in [0.5, 0.6) is 0 Å². The zero-order valence-corrected chi connectivity index (χ0v) is 15.9. The second-order valence-electron chi connectivity index (χ2n) is 8.96. The monoisotopic (exact) mass is 348 g/mol. The Balaban J connectivity index is 1.78. The SMILES string of the molecule is CC(C)C12C[NH+]3CC(C(C)C)(C[NH+](C1)C3c1ccc(Cl)cc1)C2=O. The Bertz CT molecular complexity index is 621. The van der Waals surface area contributed by atoms with Gasteiger partial charge in [-0.1, -0.05) is 39.3 Å². The van der Waals surface area contributed by atoms with Crippen molar-refractivity contribution in [2.45, 2.75) is 33.9 Å². The second kappa shape index (κ2) is 5.30. The molecule has 0 saturated carbocycles. The van der Waals surface area contributed by atoms with Gasteiger partial charge in [-0.25, -0.2) is 0 Å². The number of benzene rings is 1. The first-order valence-corrected chi connectivity index (χ1v) is 9.67. The van der Waals surface area contributed by atoms with Crippen LogP contribution >= 0.6 is 11.6 Å². The smallest absolute Gasteiger partial charge is 0.240 e. The van der Waals surface area contributed by atoms with Crippen LogP contribution in [0.1, 0.15) is 39.4 Å². The molecule has 1 aromatic rings. The molecule has 0 radical (unpaired) electrons. The molecule has 3 nitrogen and oxygen atoms in total. The van der Waals surface area contributed by atoms with Gasteiger partial charge >= 0.3 is 0 Å². The fraction of sp³-hybridized carbons (Fsp3) is 0.650. The Morgan fingerprint density at radius 1 is 0.917 bits per heavy atom. The van der Waals surface area contributed by atoms with Gasteiger partial charge in [-0.05, 0) is 36.1 Å². The number of nitrogens with one attached hydrogen (secondary N) is 2. The minimum Gasteiger partial charge on any atom is -0.297 e. The Hall–Kier alpha value is -0.900. The van der Waals surface area contributed by atoms with Crippen molar-refractivity contribution in [2.75, 3.05) is 26.2 Å². The number of carbonyl (C=O) groups is 1. The topological polar surface area (TPSA) is 26.0 Å². The molecule has 0 spiro atoms. The number of quaternary nitrogens is 2. The first kappa shape index (κ1) is 16.6. The zero-order valence-electron chi connectivity index (χ0n) is 15.2. The molecule has 1 aromatic carbocycles. The third kappa shape index (κ3) is 2.01. The van der Waals surface area contributed by atoms with E-state index in [2.05, 4.69) is 39.8 Å². The number of Topliss-reactive ketones (excluding diaryl/α,β-unsaturated/α-hetero) is 1. The molecule has 5 rings (SSSR count). The summed E-state index contributed by atoms with van der Waals surface area (Å²) in [5.41, 5.74) is 1.11. The normalized spacial score (nSPS) is 40.8. The molecule has 0 unspecified atom stereocenters. The lowest BCUT2D eigenvalue weighted by Gasteiger charge is -2.62. The van der Waals surface area contributed by atoms with E-state index in [0.29, 0.717) is 23.8 Å². The summed E-state index contributed by atoms with van der Waals surface area (Å²) in [6.07, 6.45) is 0.453. The van der Waals surface area contributed by atoms with E-state index in [1.54, 1.807) is 9.80 Å². The fourth-order valence-electron chi connectivity index (χ4n) is 5.85. The highest BCUT2D eigenvalue weighted by molar-refractivity contribution is 6.30. The van der Waals surface area contributed by atoms with Gasteiger partial charge < -0.3 is 0 Å². The van der Waals surface area contributed by atoms with Gasteiger partial charge in [0.05, 0.1) is 5.56 Å². The Labute approximate surface area is 150 Å². The third-order valence-electron chi connectivity index (χ3n) is 7.30. The standard InChI is InChI=1S/C20H27ClN2O/c1-13(2)19-9-22-11-20(14(3)4,18(19)24)12-23(10-19)17(22)15-5-7-16(21)8-6-15/h5-8,13-14,17H,9-12H2,1-4H3/p+2. The summed E-state index contributed by atoms with van der Waals surface area (Å²) < 4.78 is 0. The maximum Gasteiger partial charge on any atom is 0.240 e. The highest BCUT2D eigenvalue weighted by atomic mass is 35.5. The van der Waals surface area contributed by atoms with E-state index in [-0.39, 0.29) is 10.8 Å². The molecular weight excluding hydrogens is 320 g/mol. The average molecular weight is 349 g/mol. The summed E-state index contributed by atoms with van der Waals surface area (Å²) in [6.45, 7) is 13.0. The first-order valence-electron chi connectivity index (χ1n) is 9.30. The average Bonchev–Trinajstić information content (AvgIpc) is 2.52. The summed E-state index contributed by atoms with van der Waals surface area (Å²) >= 11 is 6.09. The second-order valence-corrected chi connectivity index (χ2v) is 9.40. The van der Waals surface area contributed by atoms with Crippen molar-refractivity contribution >= 4 is 17.4 Å². The Morgan fingerprint density at radius 3 is 1.71 bits per heavy atom. The molecule has 4 fully saturated rings. The molecule has 4 heteroatoms. The van der Waals surface area contributed by atoms with E-state index in [0.717, 1.165) is 31.2 Å². The Kier molecular flexibility index (Phi) is 3.66. The van der Waals surface area contributed by atoms with Crippen molar-refractivity contribution in [2.24, 2.45) is 22.7 Å². The number of piperidine rings is 2. The van der Waals surface area contributed by atoms with Gasteiger partial charge in [0.1, 0.15) is 37.0 Å². The van der Waals surface area contributed by atoms with Crippen molar-refractivity contribution in [3.8, 4) is 0 Å². The molecular formula is C20H29ClN2O+2. The van der Waals surface area contributed by atoms with Gasteiger partial charge in [-0.15, -0.1) is 0 Å². The van der Waals surface area contributed by atoms with Crippen molar-refractivity contribution in [1.82, 2.24) is 0 Å². The summed E-state index contributed by atoms with van der Waals surface area (Å²) in [7, 11) is 0. The minimum atomic E-state index is -0.131. The van der Waals surface area contributed by atoms with Crippen LogP contribution in [-0.4, -0.2) is 32.0 Å². The number of hydrogen-bond donors (Lipinski definition) is 2. The molecule has 4 bridgehead atoms. The lowest BCUT2D eigenvalue weighted by molar-refractivity contribution is -1.18. The molecule has 4 saturated heterocycles. The van der Waals surface area contributed by atoms with Crippen molar-refractivity contribution < 1.29 is 14.6 Å². The molecule has 4 aliphatic heterocycles. The number of rotatable bonds is 3. The highest BCUT2D eigenvalue weighted by Gasteiger charge is 2.72. The summed E-state index contributed by atoms with van der Waals surface area (Å²) in [6, 6.07) is 8.37. The van der Waals surface area contributed by atoms with Crippen LogP contribution < -0.4 is 9.80 Å². The van der Waals surface area contributed by atoms with E-state index >= 15 is 0 Å². The molecule has 0 aliphatic carbocycles. The molecule has 0 amide bonds. The quantitative estimate of drug-likeness (QED) is 0.837. The van der Waals surface area contributed by atoms with Crippen molar-refractivity contribution in [1.29, 1.82) is 0 Å². The molecule has 0 atom stereocenters. The minimum absolute atomic E-state index is 0.131. The molecule has 4 heterocycles. The highest BCUT2D eigenvalue weighted by Crippen LogP contribution is 2.44. The molecule has 0 aromatic heterocycles. The van der Waals surface area contributed by atoms with Crippen molar-refractivity contribution in [3.05, 3.63) is 34.9 Å². The maximum absolute atomic E-state index is 13.5. The van der Waals surface area contributed by atoms with Gasteiger partial charge in [-0.3, -0.25) is 14.6 Å². The number of halogens is 1. The third-order valence-corrected chi connectivity index (χ3v) is 7.56. The van der Waals surface area contributed by atoms with Crippen LogP contribution in [0.4, 0.5) is 0 Å². The van der Waals surface area contributed by atoms with Crippen LogP contribution in [0, 0.1) is 22.7 Å². The van der Waals surface area contributed by atoms with E-state index < -0.39 is 0 Å². The maximum atomic E-state index is 13.5. The molecule has 24 heavy (non-hydrogen) atoms. The summed E-state index contributed by atoms with van der Waals surface area (Å²) in [4.78, 5) is 16.8. The number of carbonyl (C=O) groups excluding carboxylic acids is 1. The van der Waals surface area contributed by atoms with Crippen LogP contribution in [-0.2, 0) is 4.79 Å². The first-order chi connectivity index (χ1) is 11.3. The summed E-state index contributed by atoms with van der Waals surface area (Å²) in [5.74, 6) is 1.40. The van der Waals surface area contributed by atoms with Crippen LogP contribution in [0.25, 0.3) is 0 Å². The van der Waals surface area contributed by atoms with Crippen LogP contribution in [0.3, 0.4) is 0 Å². The largest absolute Gasteiger partial charge is 0.297 e. The van der Waals surface area contributed by atoms with E-state index in [1.807, 2.05) is 12.1 Å². The van der Waals surface area contributed by atoms with Crippen LogP contribution in [0.15, 0.2) is 24.3 Å². The van der Waals surface area contributed by atoms with Gasteiger partial charge in [-0.2, -0.15) is 0 Å².